The van der Waals surface area contributed by atoms with E-state index in [2.05, 4.69) is 63.9 Å². The quantitative estimate of drug-likeness (QED) is 0.0173. The summed E-state index contributed by atoms with van der Waals surface area (Å²) in [7, 11) is 3.79. The number of hydrogen-bond donors (Lipinski definition) is 4. The van der Waals surface area contributed by atoms with Crippen LogP contribution in [-0.2, 0) is 56.0 Å². The van der Waals surface area contributed by atoms with E-state index in [1.54, 1.807) is 64.0 Å². The summed E-state index contributed by atoms with van der Waals surface area (Å²) in [5.74, 6) is 6.53. The van der Waals surface area contributed by atoms with Gasteiger partial charge in [0.25, 0.3) is 0 Å². The molecule has 4 atom stereocenters. The summed E-state index contributed by atoms with van der Waals surface area (Å²) in [6.45, 7) is 21.9. The number of piperazine rings is 1. The van der Waals surface area contributed by atoms with Gasteiger partial charge in [-0.05, 0) is 256 Å². The number of carbonyl (C=O) groups excluding carboxylic acids is 5. The van der Waals surface area contributed by atoms with Gasteiger partial charge in [0.2, 0.25) is 5.91 Å². The van der Waals surface area contributed by atoms with Crippen LogP contribution in [0.1, 0.15) is 138 Å². The van der Waals surface area contributed by atoms with Crippen molar-refractivity contribution < 1.29 is 66.6 Å². The van der Waals surface area contributed by atoms with Gasteiger partial charge in [0, 0.05) is 222 Å². The Kier molecular flexibility index (Phi) is 37.6. The number of H-pyrrole nitrogens is 4. The molecule has 0 aliphatic carbocycles. The molecule has 0 bridgehead atoms. The first-order chi connectivity index (χ1) is 72.1. The normalized spacial score (nSPS) is 16.6. The van der Waals surface area contributed by atoms with Crippen molar-refractivity contribution in [1.29, 1.82) is 0 Å². The number of fused-ring (bicyclic) bond motifs is 12. The number of nitrogens with zero attached hydrogens (tertiary/aromatic N) is 11. The second kappa shape index (κ2) is 51.9. The van der Waals surface area contributed by atoms with Crippen LogP contribution >= 0.6 is 81.4 Å². The van der Waals surface area contributed by atoms with Crippen molar-refractivity contribution >= 4 is 155 Å². The fraction of sp³-hybridized carbons (Fsp3) is 0.384. The molecule has 0 spiro atoms. The van der Waals surface area contributed by atoms with Crippen LogP contribution in [0.25, 0.3) is 43.6 Å². The topological polar surface area (TPSA) is 288 Å². The van der Waals surface area contributed by atoms with Crippen molar-refractivity contribution in [3.63, 3.8) is 0 Å². The molecular weight excluding hydrogens is 2020 g/mol. The molecule has 6 aliphatic heterocycles. The molecule has 5 amide bonds. The van der Waals surface area contributed by atoms with Gasteiger partial charge < -0.3 is 77.3 Å². The van der Waals surface area contributed by atoms with E-state index in [4.69, 9.17) is 112 Å². The molecule has 780 valence electrons. The summed E-state index contributed by atoms with van der Waals surface area (Å²) >= 11 is 39.0. The Bertz CT molecular complexity index is 6790. The molecule has 9 aromatic carbocycles. The molecule has 6 aliphatic rings. The van der Waals surface area contributed by atoms with E-state index in [1.807, 2.05) is 193 Å². The van der Waals surface area contributed by atoms with Gasteiger partial charge in [0.15, 0.2) is 0 Å². The number of thioether (sulfide) groups is 1. The molecule has 36 heteroatoms. The van der Waals surface area contributed by atoms with Crippen LogP contribution in [0.4, 0.5) is 19.2 Å². The van der Waals surface area contributed by atoms with Crippen LogP contribution < -0.4 is 23.7 Å². The summed E-state index contributed by atoms with van der Waals surface area (Å²) in [4.78, 5) is 98.0. The molecule has 11 heterocycles. The third-order valence-electron chi connectivity index (χ3n) is 27.5. The summed E-state index contributed by atoms with van der Waals surface area (Å²) in [6.07, 6.45) is 8.33. The molecule has 29 nitrogen and oxygen atoms in total. The van der Waals surface area contributed by atoms with Crippen molar-refractivity contribution in [3.05, 3.63) is 299 Å². The zero-order chi connectivity index (χ0) is 103. The smallest absolute Gasteiger partial charge is 0.416 e. The van der Waals surface area contributed by atoms with E-state index in [-0.39, 0.29) is 60.8 Å². The molecule has 4 N–H and O–H groups in total. The Hall–Kier alpha value is -12.0. The van der Waals surface area contributed by atoms with Crippen molar-refractivity contribution in [1.82, 2.24) is 73.9 Å². The molecular formula is C112H125Cl6N15O14S. The minimum atomic E-state index is -0.424. The molecule has 20 rings (SSSR count). The Balaban J connectivity index is 0.000000135. The van der Waals surface area contributed by atoms with E-state index in [9.17, 15) is 24.0 Å². The highest BCUT2D eigenvalue weighted by atomic mass is 35.5. The van der Waals surface area contributed by atoms with E-state index in [1.165, 1.54) is 47.6 Å². The molecule has 4 unspecified atom stereocenters. The van der Waals surface area contributed by atoms with Gasteiger partial charge in [-0.1, -0.05) is 107 Å². The van der Waals surface area contributed by atoms with Crippen LogP contribution in [0.15, 0.2) is 207 Å². The van der Waals surface area contributed by atoms with E-state index in [0.717, 1.165) is 221 Å². The molecule has 148 heavy (non-hydrogen) atoms. The van der Waals surface area contributed by atoms with Crippen molar-refractivity contribution in [3.8, 4) is 28.7 Å². The average molecular weight is 2150 g/mol. The number of alkyl halides is 1. The first-order valence-corrected chi connectivity index (χ1v) is 54.2. The van der Waals surface area contributed by atoms with Crippen LogP contribution in [-0.4, -0.2) is 280 Å². The summed E-state index contributed by atoms with van der Waals surface area (Å²) in [6, 6.07) is 60.9. The minimum absolute atomic E-state index is 0.153. The SMILES string of the molecule is CCOC(=O)N1CCc2c([nH]c3ccc(Cl)cc23)C1c1ccc(OCCCN2CCN(C(C)=O)CC2)cc1.CCOC(=O)N1CCc2c([nH]c3ccc(Cl)cc23)C1c1ccc(OCCCN2CCSCC2)cc1.COCCN(C)CCCOc1ccc(C2c3[nH]c4ccc(Cl)cc4c3CCN2C(=O)Oc2ccc(Cl)cc2)cc1.O=C(OCCCl)N1CCc2c([nH]c3ccc(Cl)cc23)C1c1ccc(OCCCn2cncn2)cc1. The predicted octanol–water partition coefficient (Wildman–Crippen LogP) is 22.8. The van der Waals surface area contributed by atoms with Gasteiger partial charge >= 0.3 is 24.4 Å². The number of rotatable bonds is 32. The predicted molar refractivity (Wildman–Crippen MR) is 584 cm³/mol. The number of hydrogen-bond acceptors (Lipinski definition) is 20. The number of carbonyl (C=O) groups is 5. The zero-order valence-corrected chi connectivity index (χ0v) is 89.1. The van der Waals surface area contributed by atoms with Crippen molar-refractivity contribution in [2.45, 2.75) is 103 Å². The van der Waals surface area contributed by atoms with E-state index in [0.29, 0.717) is 110 Å². The monoisotopic (exact) mass is 2150 g/mol. The Morgan fingerprint density at radius 1 is 0.392 bits per heavy atom. The van der Waals surface area contributed by atoms with Crippen LogP contribution in [0.2, 0.25) is 25.1 Å². The van der Waals surface area contributed by atoms with Crippen LogP contribution in [0, 0.1) is 0 Å². The van der Waals surface area contributed by atoms with E-state index < -0.39 is 6.09 Å². The number of halogens is 6. The highest BCUT2D eigenvalue weighted by molar-refractivity contribution is 7.99. The fourth-order valence-corrected chi connectivity index (χ4v) is 22.1. The van der Waals surface area contributed by atoms with Gasteiger partial charge in [-0.25, -0.2) is 24.2 Å². The molecule has 5 aromatic heterocycles. The molecule has 2 fully saturated rings. The lowest BCUT2D eigenvalue weighted by Crippen LogP contribution is -2.48. The molecule has 0 saturated carbocycles. The standard InChI is InChI=1S/C31H33Cl2N3O4.C29H35ClN4O4.C27H32ClN3O3S.C25H25Cl2N5O3/c1-35(17-19-38-2)15-3-18-39-24-9-4-21(5-10-24)30-29-26(27-20-23(33)8-13-28(27)34-29)14-16-36(30)31(37)40-25-11-6-22(32)7-12-25;1-3-37-29(36)34-13-11-24-25-19-22(30)7-10-26(25)31-27(24)28(34)21-5-8-23(9-6-21)38-18-4-12-32-14-16-33(17-15-32)20(2)35;1-2-33-27(32)31-12-10-22-23-18-20(28)6-9-24(23)29-25(22)26(31)19-4-7-21(8-5-19)34-15-3-11-30-13-16-35-17-14-30;26-9-13-35-25(33)32-11-8-20-21-14-18(27)4-7-22(21)30-23(20)24(32)17-2-5-19(6-3-17)34-12-1-10-31-16-28-15-29-31/h4-13,20,30,34H,3,14-19H2,1-2H3;5-10,19,28,31H,3-4,11-18H2,1-2H3;4-9,18,26,29H,2-3,10-17H2,1H3;2-7,14-16,24,30H,1,8-13H2. The van der Waals surface area contributed by atoms with Crippen molar-refractivity contribution in [2.24, 2.45) is 0 Å². The number of likely N-dealkylation sites (N-methyl/N-ethyl adjacent to an activating group) is 1. The zero-order valence-electron chi connectivity index (χ0n) is 83.8. The highest BCUT2D eigenvalue weighted by Crippen LogP contribution is 2.46. The number of aromatic amines is 4. The van der Waals surface area contributed by atoms with Gasteiger partial charge in [0.05, 0.1) is 52.1 Å². The van der Waals surface area contributed by atoms with Crippen molar-refractivity contribution in [2.75, 3.05) is 176 Å². The summed E-state index contributed by atoms with van der Waals surface area (Å²) < 4.78 is 52.8. The maximum Gasteiger partial charge on any atom is 0.416 e. The average Bonchev–Trinajstić information content (AvgIpc) is 1.61. The van der Waals surface area contributed by atoms with Crippen LogP contribution in [0.3, 0.4) is 0 Å². The summed E-state index contributed by atoms with van der Waals surface area (Å²) in [5, 5.41) is 11.8. The van der Waals surface area contributed by atoms with Gasteiger partial charge in [-0.15, -0.1) is 11.6 Å². The third kappa shape index (κ3) is 26.9. The second-order valence-electron chi connectivity index (χ2n) is 37.1. The Morgan fingerprint density at radius 3 is 1.09 bits per heavy atom. The van der Waals surface area contributed by atoms with Gasteiger partial charge in [0.1, 0.15) is 72.2 Å². The fourth-order valence-electron chi connectivity index (χ4n) is 20.2. The molecule has 0 radical (unpaired) electrons. The Labute approximate surface area is 896 Å². The van der Waals surface area contributed by atoms with Gasteiger partial charge in [-0.3, -0.25) is 34.0 Å². The number of benzene rings is 9. The lowest BCUT2D eigenvalue weighted by Gasteiger charge is -2.35. The molecule has 2 saturated heterocycles. The number of aryl methyl sites for hydroxylation is 1. The lowest BCUT2D eigenvalue weighted by atomic mass is 9.92. The first-order valence-electron chi connectivity index (χ1n) is 50.6. The van der Waals surface area contributed by atoms with Crippen LogP contribution in [0.5, 0.6) is 28.7 Å². The maximum atomic E-state index is 13.5. The largest absolute Gasteiger partial charge is 0.494 e. The minimum Gasteiger partial charge on any atom is -0.494 e. The van der Waals surface area contributed by atoms with Gasteiger partial charge in [-0.2, -0.15) is 16.9 Å². The molecule has 14 aromatic rings. The number of amides is 5. The lowest BCUT2D eigenvalue weighted by molar-refractivity contribution is -0.130. The maximum absolute atomic E-state index is 13.5. The number of aromatic nitrogens is 7. The number of methoxy groups -OCH3 is 1. The number of ether oxygens (including phenoxy) is 9. The first kappa shape index (κ1) is 107. The highest BCUT2D eigenvalue weighted by Gasteiger charge is 2.41. The third-order valence-corrected chi connectivity index (χ3v) is 29.8. The second-order valence-corrected chi connectivity index (χ2v) is 40.9. The van der Waals surface area contributed by atoms with E-state index >= 15 is 0 Å². The summed E-state index contributed by atoms with van der Waals surface area (Å²) in [5.41, 5.74) is 16.6. The number of nitrogens with one attached hydrogen (secondary N) is 4. The Morgan fingerprint density at radius 2 is 0.736 bits per heavy atom.